The Labute approximate surface area is 84.6 Å². The van der Waals surface area contributed by atoms with Gasteiger partial charge in [0.05, 0.1) is 0 Å². The van der Waals surface area contributed by atoms with Crippen LogP contribution in [-0.2, 0) is 4.79 Å². The van der Waals surface area contributed by atoms with Crippen molar-refractivity contribution in [3.8, 4) is 0 Å². The zero-order valence-corrected chi connectivity index (χ0v) is 8.58. The molecule has 0 saturated carbocycles. The van der Waals surface area contributed by atoms with Crippen LogP contribution in [0.15, 0.2) is 36.4 Å². The van der Waals surface area contributed by atoms with E-state index < -0.39 is 0 Å². The number of rotatable bonds is 3. The van der Waals surface area contributed by atoms with E-state index in [-0.39, 0.29) is 5.91 Å². The van der Waals surface area contributed by atoms with Crippen molar-refractivity contribution in [2.75, 3.05) is 6.54 Å². The molecule has 1 aromatic carbocycles. The minimum absolute atomic E-state index is 0.00196. The molecule has 1 aromatic rings. The van der Waals surface area contributed by atoms with Crippen molar-refractivity contribution in [2.45, 2.75) is 13.8 Å². The zero-order chi connectivity index (χ0) is 10.4. The van der Waals surface area contributed by atoms with Gasteiger partial charge in [0.2, 0.25) is 5.91 Å². The predicted octanol–water partition coefficient (Wildman–Crippen LogP) is 2.23. The summed E-state index contributed by atoms with van der Waals surface area (Å²) in [4.78, 5) is 10.6. The molecule has 0 spiro atoms. The molecule has 1 N–H and O–H groups in total. The van der Waals surface area contributed by atoms with Crippen LogP contribution in [0.5, 0.6) is 0 Å². The molecule has 0 aromatic heterocycles. The Hall–Kier alpha value is -1.57. The molecule has 0 bridgehead atoms. The van der Waals surface area contributed by atoms with Crippen LogP contribution in [0.1, 0.15) is 19.4 Å². The molecule has 0 aliphatic heterocycles. The van der Waals surface area contributed by atoms with Gasteiger partial charge in [0.15, 0.2) is 0 Å². The van der Waals surface area contributed by atoms with Gasteiger partial charge < -0.3 is 5.32 Å². The molecular formula is C12H15NO. The van der Waals surface area contributed by atoms with Gasteiger partial charge >= 0.3 is 0 Å². The monoisotopic (exact) mass is 189 g/mol. The summed E-state index contributed by atoms with van der Waals surface area (Å²) in [5.74, 6) is 0.00196. The molecule has 1 rings (SSSR count). The van der Waals surface area contributed by atoms with Gasteiger partial charge in [0.25, 0.3) is 0 Å². The molecule has 14 heavy (non-hydrogen) atoms. The maximum atomic E-state index is 10.6. The van der Waals surface area contributed by atoms with Gasteiger partial charge in [-0.2, -0.15) is 0 Å². The number of amides is 1. The fourth-order valence-electron chi connectivity index (χ4n) is 1.17. The SMILES string of the molecule is CC(=O)NC/C=C(\C)c1ccccc1. The average molecular weight is 189 g/mol. The van der Waals surface area contributed by atoms with Crippen LogP contribution in [0, 0.1) is 0 Å². The maximum absolute atomic E-state index is 10.6. The van der Waals surface area contributed by atoms with Gasteiger partial charge in [0.1, 0.15) is 0 Å². The third-order valence-electron chi connectivity index (χ3n) is 1.99. The summed E-state index contributed by atoms with van der Waals surface area (Å²) in [6, 6.07) is 10.1. The number of allylic oxidation sites excluding steroid dienone is 1. The second-order valence-corrected chi connectivity index (χ2v) is 3.19. The second-order valence-electron chi connectivity index (χ2n) is 3.19. The lowest BCUT2D eigenvalue weighted by Crippen LogP contribution is -2.19. The summed E-state index contributed by atoms with van der Waals surface area (Å²) in [6.07, 6.45) is 2.01. The normalized spacial score (nSPS) is 11.1. The molecule has 1 amide bonds. The van der Waals surface area contributed by atoms with E-state index in [2.05, 4.69) is 17.4 Å². The molecular weight excluding hydrogens is 174 g/mol. The van der Waals surface area contributed by atoms with Gasteiger partial charge in [-0.1, -0.05) is 36.4 Å². The highest BCUT2D eigenvalue weighted by Gasteiger charge is 1.93. The predicted molar refractivity (Wildman–Crippen MR) is 58.8 cm³/mol. The first-order valence-corrected chi connectivity index (χ1v) is 4.67. The molecule has 0 unspecified atom stereocenters. The minimum atomic E-state index is 0.00196. The van der Waals surface area contributed by atoms with Crippen molar-refractivity contribution in [2.24, 2.45) is 0 Å². The van der Waals surface area contributed by atoms with Crippen LogP contribution in [0.4, 0.5) is 0 Å². The van der Waals surface area contributed by atoms with E-state index in [1.807, 2.05) is 31.2 Å². The quantitative estimate of drug-likeness (QED) is 0.776. The maximum Gasteiger partial charge on any atom is 0.217 e. The second kappa shape index (κ2) is 5.22. The summed E-state index contributed by atoms with van der Waals surface area (Å²) in [7, 11) is 0. The number of nitrogens with one attached hydrogen (secondary N) is 1. The van der Waals surface area contributed by atoms with Crippen molar-refractivity contribution >= 4 is 11.5 Å². The van der Waals surface area contributed by atoms with E-state index in [0.29, 0.717) is 6.54 Å². The molecule has 0 saturated heterocycles. The van der Waals surface area contributed by atoms with Crippen LogP contribution in [0.3, 0.4) is 0 Å². The molecule has 2 nitrogen and oxygen atoms in total. The van der Waals surface area contributed by atoms with Crippen molar-refractivity contribution in [1.82, 2.24) is 5.32 Å². The Balaban J connectivity index is 2.57. The van der Waals surface area contributed by atoms with Crippen LogP contribution in [-0.4, -0.2) is 12.5 Å². The van der Waals surface area contributed by atoms with Crippen molar-refractivity contribution < 1.29 is 4.79 Å². The van der Waals surface area contributed by atoms with Gasteiger partial charge in [0, 0.05) is 13.5 Å². The highest BCUT2D eigenvalue weighted by Crippen LogP contribution is 2.11. The fraction of sp³-hybridized carbons (Fsp3) is 0.250. The first-order valence-electron chi connectivity index (χ1n) is 4.67. The van der Waals surface area contributed by atoms with Crippen LogP contribution in [0.25, 0.3) is 5.57 Å². The van der Waals surface area contributed by atoms with Gasteiger partial charge in [-0.3, -0.25) is 4.79 Å². The Morgan fingerprint density at radius 1 is 1.29 bits per heavy atom. The number of benzene rings is 1. The van der Waals surface area contributed by atoms with Gasteiger partial charge in [-0.05, 0) is 18.1 Å². The van der Waals surface area contributed by atoms with E-state index in [1.165, 1.54) is 18.1 Å². The Bertz CT molecular complexity index is 327. The van der Waals surface area contributed by atoms with Crippen LogP contribution < -0.4 is 5.32 Å². The molecule has 0 radical (unpaired) electrons. The first kappa shape index (κ1) is 10.5. The standard InChI is InChI=1S/C12H15NO/c1-10(8-9-13-11(2)14)12-6-4-3-5-7-12/h3-8H,9H2,1-2H3,(H,13,14)/b10-8+. The van der Waals surface area contributed by atoms with E-state index in [1.54, 1.807) is 0 Å². The summed E-state index contributed by atoms with van der Waals surface area (Å²) < 4.78 is 0. The third kappa shape index (κ3) is 3.44. The van der Waals surface area contributed by atoms with E-state index in [9.17, 15) is 4.79 Å². The lowest BCUT2D eigenvalue weighted by Gasteiger charge is -2.01. The smallest absolute Gasteiger partial charge is 0.217 e. The van der Waals surface area contributed by atoms with E-state index in [4.69, 9.17) is 0 Å². The average Bonchev–Trinajstić information content (AvgIpc) is 2.18. The van der Waals surface area contributed by atoms with Gasteiger partial charge in [-0.25, -0.2) is 0 Å². The molecule has 0 atom stereocenters. The Morgan fingerprint density at radius 3 is 2.50 bits per heavy atom. The van der Waals surface area contributed by atoms with Crippen molar-refractivity contribution in [3.63, 3.8) is 0 Å². The van der Waals surface area contributed by atoms with Crippen LogP contribution in [0.2, 0.25) is 0 Å². The van der Waals surface area contributed by atoms with Crippen LogP contribution >= 0.6 is 0 Å². The lowest BCUT2D eigenvalue weighted by molar-refractivity contribution is -0.118. The number of hydrogen-bond donors (Lipinski definition) is 1. The first-order chi connectivity index (χ1) is 6.70. The summed E-state index contributed by atoms with van der Waals surface area (Å²) in [5, 5.41) is 2.73. The van der Waals surface area contributed by atoms with E-state index in [0.717, 1.165) is 0 Å². The number of carbonyl (C=O) groups excluding carboxylic acids is 1. The van der Waals surface area contributed by atoms with E-state index >= 15 is 0 Å². The molecule has 2 heteroatoms. The molecule has 0 fully saturated rings. The fourth-order valence-corrected chi connectivity index (χ4v) is 1.17. The summed E-state index contributed by atoms with van der Waals surface area (Å²) >= 11 is 0. The van der Waals surface area contributed by atoms with Crippen molar-refractivity contribution in [1.29, 1.82) is 0 Å². The topological polar surface area (TPSA) is 29.1 Å². The zero-order valence-electron chi connectivity index (χ0n) is 8.58. The van der Waals surface area contributed by atoms with Gasteiger partial charge in [-0.15, -0.1) is 0 Å². The molecule has 0 heterocycles. The molecule has 74 valence electrons. The van der Waals surface area contributed by atoms with Crippen molar-refractivity contribution in [3.05, 3.63) is 42.0 Å². The highest BCUT2D eigenvalue weighted by atomic mass is 16.1. The summed E-state index contributed by atoms with van der Waals surface area (Å²) in [6.45, 7) is 4.15. The minimum Gasteiger partial charge on any atom is -0.353 e. The Kier molecular flexibility index (Phi) is 3.92. The summed E-state index contributed by atoms with van der Waals surface area (Å²) in [5.41, 5.74) is 2.37. The Morgan fingerprint density at radius 2 is 1.93 bits per heavy atom. The molecule has 0 aliphatic carbocycles. The highest BCUT2D eigenvalue weighted by molar-refractivity contribution is 5.73. The number of hydrogen-bond acceptors (Lipinski definition) is 1. The molecule has 0 aliphatic rings. The largest absolute Gasteiger partial charge is 0.353 e. The lowest BCUT2D eigenvalue weighted by atomic mass is 10.1. The number of carbonyl (C=O) groups is 1. The third-order valence-corrected chi connectivity index (χ3v) is 1.99.